The van der Waals surface area contributed by atoms with Crippen molar-refractivity contribution < 1.29 is 0 Å². The molecule has 1 unspecified atom stereocenters. The van der Waals surface area contributed by atoms with Gasteiger partial charge in [-0.3, -0.25) is 0 Å². The Labute approximate surface area is 99.3 Å². The number of hydrogen-bond acceptors (Lipinski definition) is 1. The highest BCUT2D eigenvalue weighted by Gasteiger charge is 2.17. The lowest BCUT2D eigenvalue weighted by Crippen LogP contribution is -2.14. The number of rotatable bonds is 5. The summed E-state index contributed by atoms with van der Waals surface area (Å²) in [6.45, 7) is 3.48. The molecule has 16 heavy (non-hydrogen) atoms. The number of nitrogens with one attached hydrogen (secondary N) is 1. The van der Waals surface area contributed by atoms with Gasteiger partial charge in [0, 0.05) is 12.2 Å². The average molecular weight is 217 g/mol. The molecule has 1 aliphatic rings. The predicted octanol–water partition coefficient (Wildman–Crippen LogP) is 4.31. The SMILES string of the molecule is CC(CNc1ccccc1)CC1CCCC1. The second-order valence-corrected chi connectivity index (χ2v) is 5.24. The number of para-hydroxylation sites is 1. The second-order valence-electron chi connectivity index (χ2n) is 5.24. The summed E-state index contributed by atoms with van der Waals surface area (Å²) < 4.78 is 0. The summed E-state index contributed by atoms with van der Waals surface area (Å²) in [6.07, 6.45) is 7.26. The lowest BCUT2D eigenvalue weighted by Gasteiger charge is -2.17. The second kappa shape index (κ2) is 5.93. The third kappa shape index (κ3) is 3.55. The van der Waals surface area contributed by atoms with Gasteiger partial charge in [-0.05, 0) is 30.4 Å². The first kappa shape index (κ1) is 11.5. The maximum absolute atomic E-state index is 3.52. The van der Waals surface area contributed by atoms with Gasteiger partial charge in [-0.1, -0.05) is 50.8 Å². The molecule has 0 spiro atoms. The van der Waals surface area contributed by atoms with Crippen molar-refractivity contribution in [3.63, 3.8) is 0 Å². The summed E-state index contributed by atoms with van der Waals surface area (Å²) in [5.74, 6) is 1.80. The van der Waals surface area contributed by atoms with E-state index in [2.05, 4.69) is 42.6 Å². The van der Waals surface area contributed by atoms with Crippen LogP contribution < -0.4 is 5.32 Å². The Morgan fingerprint density at radius 2 is 1.88 bits per heavy atom. The maximum atomic E-state index is 3.52. The van der Waals surface area contributed by atoms with Crippen molar-refractivity contribution in [2.24, 2.45) is 11.8 Å². The molecule has 2 rings (SSSR count). The van der Waals surface area contributed by atoms with Crippen LogP contribution in [-0.4, -0.2) is 6.54 Å². The summed E-state index contributed by atoms with van der Waals surface area (Å²) in [6, 6.07) is 10.5. The first-order valence-electron chi connectivity index (χ1n) is 6.63. The molecule has 1 fully saturated rings. The minimum Gasteiger partial charge on any atom is -0.385 e. The fraction of sp³-hybridized carbons (Fsp3) is 0.600. The zero-order chi connectivity index (χ0) is 11.2. The molecule has 0 saturated heterocycles. The van der Waals surface area contributed by atoms with Gasteiger partial charge in [0.2, 0.25) is 0 Å². The minimum absolute atomic E-state index is 0.795. The number of anilines is 1. The molecule has 1 atom stereocenters. The molecule has 0 aliphatic heterocycles. The zero-order valence-corrected chi connectivity index (χ0v) is 10.3. The Morgan fingerprint density at radius 1 is 1.19 bits per heavy atom. The summed E-state index contributed by atoms with van der Waals surface area (Å²) in [5, 5.41) is 3.52. The molecule has 1 N–H and O–H groups in total. The first-order chi connectivity index (χ1) is 7.84. The summed E-state index contributed by atoms with van der Waals surface area (Å²) in [4.78, 5) is 0. The molecule has 0 radical (unpaired) electrons. The van der Waals surface area contributed by atoms with E-state index in [0.717, 1.165) is 18.4 Å². The number of hydrogen-bond donors (Lipinski definition) is 1. The fourth-order valence-electron chi connectivity index (χ4n) is 2.75. The molecule has 0 amide bonds. The molecular formula is C15H23N. The lowest BCUT2D eigenvalue weighted by molar-refractivity contribution is 0.410. The standard InChI is InChI=1S/C15H23N/c1-13(11-14-7-5-6-8-14)12-16-15-9-3-2-4-10-15/h2-4,9-10,13-14,16H,5-8,11-12H2,1H3. The molecule has 0 heterocycles. The van der Waals surface area contributed by atoms with Crippen LogP contribution in [0.1, 0.15) is 39.0 Å². The fourth-order valence-corrected chi connectivity index (χ4v) is 2.75. The minimum atomic E-state index is 0.795. The Hall–Kier alpha value is -0.980. The molecule has 1 nitrogen and oxygen atoms in total. The molecule has 1 aliphatic carbocycles. The molecular weight excluding hydrogens is 194 g/mol. The van der Waals surface area contributed by atoms with Gasteiger partial charge in [-0.15, -0.1) is 0 Å². The van der Waals surface area contributed by atoms with Crippen LogP contribution in [0.5, 0.6) is 0 Å². The maximum Gasteiger partial charge on any atom is 0.0340 e. The van der Waals surface area contributed by atoms with Crippen LogP contribution in [0.4, 0.5) is 5.69 Å². The molecule has 1 saturated carbocycles. The van der Waals surface area contributed by atoms with Crippen LogP contribution >= 0.6 is 0 Å². The molecule has 1 heteroatoms. The summed E-state index contributed by atoms with van der Waals surface area (Å²) in [7, 11) is 0. The average Bonchev–Trinajstić information content (AvgIpc) is 2.81. The van der Waals surface area contributed by atoms with Crippen LogP contribution in [0, 0.1) is 11.8 Å². The molecule has 0 bridgehead atoms. The van der Waals surface area contributed by atoms with Crippen LogP contribution in [0.25, 0.3) is 0 Å². The number of benzene rings is 1. The van der Waals surface area contributed by atoms with E-state index in [-0.39, 0.29) is 0 Å². The van der Waals surface area contributed by atoms with Gasteiger partial charge in [0.1, 0.15) is 0 Å². The van der Waals surface area contributed by atoms with E-state index in [9.17, 15) is 0 Å². The summed E-state index contributed by atoms with van der Waals surface area (Å²) in [5.41, 5.74) is 1.25. The lowest BCUT2D eigenvalue weighted by atomic mass is 9.94. The Kier molecular flexibility index (Phi) is 4.26. The van der Waals surface area contributed by atoms with E-state index in [0.29, 0.717) is 0 Å². The van der Waals surface area contributed by atoms with E-state index < -0.39 is 0 Å². The van der Waals surface area contributed by atoms with Crippen molar-refractivity contribution in [1.29, 1.82) is 0 Å². The van der Waals surface area contributed by atoms with Crippen molar-refractivity contribution >= 4 is 5.69 Å². The monoisotopic (exact) mass is 217 g/mol. The Morgan fingerprint density at radius 3 is 2.56 bits per heavy atom. The van der Waals surface area contributed by atoms with Gasteiger partial charge in [0.15, 0.2) is 0 Å². The molecule has 1 aromatic rings. The van der Waals surface area contributed by atoms with Crippen molar-refractivity contribution in [3.05, 3.63) is 30.3 Å². The third-order valence-corrected chi connectivity index (χ3v) is 3.64. The van der Waals surface area contributed by atoms with Crippen LogP contribution in [0.15, 0.2) is 30.3 Å². The topological polar surface area (TPSA) is 12.0 Å². The highest BCUT2D eigenvalue weighted by atomic mass is 14.9. The Balaban J connectivity index is 1.69. The normalized spacial score (nSPS) is 18.6. The van der Waals surface area contributed by atoms with E-state index in [4.69, 9.17) is 0 Å². The highest BCUT2D eigenvalue weighted by molar-refractivity contribution is 5.42. The van der Waals surface area contributed by atoms with Gasteiger partial charge in [-0.2, -0.15) is 0 Å². The van der Waals surface area contributed by atoms with Crippen LogP contribution in [0.3, 0.4) is 0 Å². The largest absolute Gasteiger partial charge is 0.385 e. The van der Waals surface area contributed by atoms with Crippen LogP contribution in [0.2, 0.25) is 0 Å². The quantitative estimate of drug-likeness (QED) is 0.774. The van der Waals surface area contributed by atoms with E-state index in [1.54, 1.807) is 0 Å². The van der Waals surface area contributed by atoms with Gasteiger partial charge in [-0.25, -0.2) is 0 Å². The van der Waals surface area contributed by atoms with Gasteiger partial charge >= 0.3 is 0 Å². The van der Waals surface area contributed by atoms with Crippen molar-refractivity contribution in [2.45, 2.75) is 39.0 Å². The van der Waals surface area contributed by atoms with Gasteiger partial charge < -0.3 is 5.32 Å². The van der Waals surface area contributed by atoms with Crippen molar-refractivity contribution in [2.75, 3.05) is 11.9 Å². The van der Waals surface area contributed by atoms with Crippen molar-refractivity contribution in [3.8, 4) is 0 Å². The first-order valence-corrected chi connectivity index (χ1v) is 6.63. The van der Waals surface area contributed by atoms with Crippen molar-refractivity contribution in [1.82, 2.24) is 0 Å². The smallest absolute Gasteiger partial charge is 0.0340 e. The molecule has 1 aromatic carbocycles. The predicted molar refractivity (Wildman–Crippen MR) is 70.7 cm³/mol. The van der Waals surface area contributed by atoms with Gasteiger partial charge in [0.25, 0.3) is 0 Å². The summed E-state index contributed by atoms with van der Waals surface area (Å²) >= 11 is 0. The van der Waals surface area contributed by atoms with Gasteiger partial charge in [0.05, 0.1) is 0 Å². The van der Waals surface area contributed by atoms with Crippen LogP contribution in [-0.2, 0) is 0 Å². The highest BCUT2D eigenvalue weighted by Crippen LogP contribution is 2.30. The molecule has 0 aromatic heterocycles. The van der Waals surface area contributed by atoms with E-state index in [1.165, 1.54) is 37.8 Å². The third-order valence-electron chi connectivity index (χ3n) is 3.64. The zero-order valence-electron chi connectivity index (χ0n) is 10.3. The molecule has 88 valence electrons. The van der Waals surface area contributed by atoms with E-state index in [1.807, 2.05) is 0 Å². The van der Waals surface area contributed by atoms with E-state index >= 15 is 0 Å². The Bertz CT molecular complexity index is 288.